The fourth-order valence-corrected chi connectivity index (χ4v) is 4.47. The molecule has 1 aromatic rings. The molecule has 0 atom stereocenters. The zero-order chi connectivity index (χ0) is 15.0. The molecule has 0 aliphatic carbocycles. The maximum Gasteiger partial charge on any atom is 0.246 e. The van der Waals surface area contributed by atoms with E-state index in [9.17, 15) is 16.8 Å². The van der Waals surface area contributed by atoms with Crippen LogP contribution in [0.15, 0.2) is 12.1 Å². The molecule has 0 radical (unpaired) electrons. The highest BCUT2D eigenvalue weighted by Crippen LogP contribution is 2.23. The monoisotopic (exact) mass is 323 g/mol. The molecule has 0 saturated heterocycles. The summed E-state index contributed by atoms with van der Waals surface area (Å²) in [7, 11) is -8.16. The molecular weight excluding hydrogens is 310 g/mol. The summed E-state index contributed by atoms with van der Waals surface area (Å²) in [6.07, 6.45) is 1.53. The molecule has 2 N–H and O–H groups in total. The van der Waals surface area contributed by atoms with Gasteiger partial charge in [0.1, 0.15) is 4.99 Å². The van der Waals surface area contributed by atoms with E-state index in [0.717, 1.165) is 12.5 Å². The summed E-state index contributed by atoms with van der Waals surface area (Å²) in [6, 6.07) is 2.99. The summed E-state index contributed by atoms with van der Waals surface area (Å²) in [5.74, 6) is -0.308. The van der Waals surface area contributed by atoms with Gasteiger partial charge in [0.05, 0.1) is 18.1 Å². The molecule has 0 aromatic carbocycles. The molecular formula is C9H13N3O4S3. The van der Waals surface area contributed by atoms with Crippen molar-refractivity contribution in [1.82, 2.24) is 4.98 Å². The van der Waals surface area contributed by atoms with Crippen molar-refractivity contribution in [3.05, 3.63) is 23.4 Å². The van der Waals surface area contributed by atoms with E-state index in [0.29, 0.717) is 5.69 Å². The van der Waals surface area contributed by atoms with Gasteiger partial charge in [-0.05, 0) is 19.1 Å². The Bertz CT molecular complexity index is 693. The molecule has 0 saturated carbocycles. The number of aromatic nitrogens is 1. The van der Waals surface area contributed by atoms with Crippen molar-refractivity contribution in [3.8, 4) is 0 Å². The minimum atomic E-state index is -4.08. The van der Waals surface area contributed by atoms with Crippen LogP contribution >= 0.6 is 12.2 Å². The zero-order valence-corrected chi connectivity index (χ0v) is 12.9. The number of thiocarbonyl (C=S) groups is 1. The van der Waals surface area contributed by atoms with Crippen molar-refractivity contribution in [2.24, 2.45) is 5.73 Å². The van der Waals surface area contributed by atoms with Gasteiger partial charge < -0.3 is 5.73 Å². The third-order valence-corrected chi connectivity index (χ3v) is 5.45. The van der Waals surface area contributed by atoms with Crippen LogP contribution in [0.2, 0.25) is 0 Å². The Kier molecular flexibility index (Phi) is 4.17. The first-order chi connectivity index (χ1) is 8.44. The molecule has 0 amide bonds. The van der Waals surface area contributed by atoms with Crippen LogP contribution in [0.25, 0.3) is 0 Å². The number of nitrogens with two attached hydrogens (primary N) is 1. The molecule has 7 nitrogen and oxygen atoms in total. The number of aryl methyl sites for hydroxylation is 1. The second-order valence-electron chi connectivity index (χ2n) is 3.91. The summed E-state index contributed by atoms with van der Waals surface area (Å²) < 4.78 is 47.0. The third kappa shape index (κ3) is 3.61. The molecule has 0 unspecified atom stereocenters. The average molecular weight is 323 g/mol. The van der Waals surface area contributed by atoms with E-state index in [2.05, 4.69) is 4.98 Å². The number of rotatable bonds is 4. The SMILES string of the molecule is Cc1ccc(C(N)=S)c(N(S(C)(=O)=O)S(C)(=O)=O)n1. The topological polar surface area (TPSA) is 110 Å². The van der Waals surface area contributed by atoms with Gasteiger partial charge in [0, 0.05) is 5.69 Å². The lowest BCUT2D eigenvalue weighted by Crippen LogP contribution is -2.37. The van der Waals surface area contributed by atoms with Crippen molar-refractivity contribution in [2.75, 3.05) is 16.2 Å². The molecule has 1 heterocycles. The average Bonchev–Trinajstić information content (AvgIpc) is 2.11. The number of nitrogens with zero attached hydrogens (tertiary/aromatic N) is 2. The Hall–Kier alpha value is -1.26. The predicted octanol–water partition coefficient (Wildman–Crippen LogP) is -0.250. The number of sulfonamides is 2. The first kappa shape index (κ1) is 15.8. The Balaban J connectivity index is 3.75. The molecule has 106 valence electrons. The quantitative estimate of drug-likeness (QED) is 0.761. The lowest BCUT2D eigenvalue weighted by molar-refractivity contribution is 0.590. The maximum atomic E-state index is 11.7. The van der Waals surface area contributed by atoms with Crippen LogP contribution in [-0.2, 0) is 20.0 Å². The Morgan fingerprint density at radius 2 is 1.68 bits per heavy atom. The molecule has 0 fully saturated rings. The van der Waals surface area contributed by atoms with Crippen LogP contribution in [0.1, 0.15) is 11.3 Å². The van der Waals surface area contributed by atoms with Gasteiger partial charge >= 0.3 is 0 Å². The second-order valence-corrected chi connectivity index (χ2v) is 8.24. The van der Waals surface area contributed by atoms with Crippen LogP contribution in [-0.4, -0.2) is 39.3 Å². The van der Waals surface area contributed by atoms with E-state index in [4.69, 9.17) is 18.0 Å². The van der Waals surface area contributed by atoms with Crippen molar-refractivity contribution >= 4 is 43.1 Å². The van der Waals surface area contributed by atoms with E-state index in [1.807, 2.05) is 0 Å². The number of hydrogen-bond acceptors (Lipinski definition) is 6. The predicted molar refractivity (Wildman–Crippen MR) is 77.0 cm³/mol. The van der Waals surface area contributed by atoms with E-state index in [-0.39, 0.29) is 20.1 Å². The molecule has 0 aliphatic heterocycles. The van der Waals surface area contributed by atoms with Gasteiger partial charge in [0.15, 0.2) is 5.82 Å². The van der Waals surface area contributed by atoms with Gasteiger partial charge in [-0.3, -0.25) is 0 Å². The fourth-order valence-electron chi connectivity index (χ4n) is 1.43. The first-order valence-corrected chi connectivity index (χ1v) is 9.03. The van der Waals surface area contributed by atoms with Gasteiger partial charge in [-0.1, -0.05) is 12.2 Å². The van der Waals surface area contributed by atoms with Crippen LogP contribution in [0.5, 0.6) is 0 Å². The first-order valence-electron chi connectivity index (χ1n) is 4.92. The van der Waals surface area contributed by atoms with E-state index >= 15 is 0 Å². The van der Waals surface area contributed by atoms with E-state index < -0.39 is 20.0 Å². The van der Waals surface area contributed by atoms with Gasteiger partial charge in [-0.15, -0.1) is 3.71 Å². The minimum absolute atomic E-state index is 0.0800. The van der Waals surface area contributed by atoms with Crippen LogP contribution in [0, 0.1) is 6.92 Å². The summed E-state index contributed by atoms with van der Waals surface area (Å²) in [5.41, 5.74) is 5.98. The minimum Gasteiger partial charge on any atom is -0.389 e. The van der Waals surface area contributed by atoms with Crippen molar-refractivity contribution in [1.29, 1.82) is 0 Å². The summed E-state index contributed by atoms with van der Waals surface area (Å²) in [6.45, 7) is 1.59. The van der Waals surface area contributed by atoms with Gasteiger partial charge in [0.2, 0.25) is 20.0 Å². The standard InChI is InChI=1S/C9H13N3O4S3/c1-6-4-5-7(8(10)17)9(11-6)12(18(2,13)14)19(3,15)16/h4-5H,1-3H3,(H2,10,17). The molecule has 19 heavy (non-hydrogen) atoms. The fraction of sp³-hybridized carbons (Fsp3) is 0.333. The van der Waals surface area contributed by atoms with Crippen molar-refractivity contribution < 1.29 is 16.8 Å². The number of anilines is 1. The molecule has 0 spiro atoms. The largest absolute Gasteiger partial charge is 0.389 e. The molecule has 10 heteroatoms. The molecule has 0 bridgehead atoms. The zero-order valence-electron chi connectivity index (χ0n) is 10.5. The second kappa shape index (κ2) is 5.02. The molecule has 1 aromatic heterocycles. The highest BCUT2D eigenvalue weighted by atomic mass is 32.3. The lowest BCUT2D eigenvalue weighted by Gasteiger charge is -2.21. The lowest BCUT2D eigenvalue weighted by atomic mass is 10.2. The third-order valence-electron chi connectivity index (χ3n) is 2.06. The highest BCUT2D eigenvalue weighted by Gasteiger charge is 2.31. The number of pyridine rings is 1. The summed E-state index contributed by atoms with van der Waals surface area (Å²) in [5, 5.41) is 0. The highest BCUT2D eigenvalue weighted by molar-refractivity contribution is 8.09. The van der Waals surface area contributed by atoms with E-state index in [1.54, 1.807) is 13.0 Å². The van der Waals surface area contributed by atoms with Crippen molar-refractivity contribution in [3.63, 3.8) is 0 Å². The molecule has 1 rings (SSSR count). The van der Waals surface area contributed by atoms with Crippen LogP contribution in [0.4, 0.5) is 5.82 Å². The Morgan fingerprint density at radius 1 is 1.21 bits per heavy atom. The van der Waals surface area contributed by atoms with Crippen molar-refractivity contribution in [2.45, 2.75) is 6.92 Å². The Morgan fingerprint density at radius 3 is 2.05 bits per heavy atom. The van der Waals surface area contributed by atoms with Gasteiger partial charge in [0.25, 0.3) is 0 Å². The number of hydrogen-bond donors (Lipinski definition) is 1. The summed E-state index contributed by atoms with van der Waals surface area (Å²) >= 11 is 4.78. The van der Waals surface area contributed by atoms with Gasteiger partial charge in [-0.25, -0.2) is 21.8 Å². The van der Waals surface area contributed by atoms with Crippen LogP contribution in [0.3, 0.4) is 0 Å². The van der Waals surface area contributed by atoms with Crippen LogP contribution < -0.4 is 9.44 Å². The van der Waals surface area contributed by atoms with Gasteiger partial charge in [-0.2, -0.15) is 0 Å². The maximum absolute atomic E-state index is 11.7. The summed E-state index contributed by atoms with van der Waals surface area (Å²) in [4.78, 5) is 3.79. The molecule has 0 aliphatic rings. The normalized spacial score (nSPS) is 12.2. The smallest absolute Gasteiger partial charge is 0.246 e. The Labute approximate surface area is 117 Å². The van der Waals surface area contributed by atoms with E-state index in [1.165, 1.54) is 6.07 Å².